The molecule has 1 aliphatic rings. The Morgan fingerprint density at radius 1 is 1.36 bits per heavy atom. The molecule has 1 aromatic carbocycles. The molecule has 0 unspecified atom stereocenters. The van der Waals surface area contributed by atoms with Crippen LogP contribution >= 0.6 is 11.6 Å². The molecule has 22 heavy (non-hydrogen) atoms. The van der Waals surface area contributed by atoms with Crippen molar-refractivity contribution in [1.29, 1.82) is 0 Å². The lowest BCUT2D eigenvalue weighted by molar-refractivity contribution is -0.144. The second-order valence-corrected chi connectivity index (χ2v) is 5.61. The summed E-state index contributed by atoms with van der Waals surface area (Å²) in [7, 11) is 0. The third-order valence-corrected chi connectivity index (χ3v) is 3.72. The van der Waals surface area contributed by atoms with Gasteiger partial charge in [-0.1, -0.05) is 11.6 Å². The summed E-state index contributed by atoms with van der Waals surface area (Å²) in [5.74, 6) is 0.0983. The van der Waals surface area contributed by atoms with Crippen LogP contribution in [0.15, 0.2) is 29.1 Å². The molecule has 0 saturated heterocycles. The third kappa shape index (κ3) is 2.92. The van der Waals surface area contributed by atoms with E-state index >= 15 is 0 Å². The molecule has 2 aromatic rings. The van der Waals surface area contributed by atoms with Crippen molar-refractivity contribution in [3.8, 4) is 11.4 Å². The van der Waals surface area contributed by atoms with E-state index in [0.717, 1.165) is 18.4 Å². The Labute approximate surface area is 132 Å². The van der Waals surface area contributed by atoms with Crippen LogP contribution in [-0.4, -0.2) is 26.9 Å². The number of esters is 1. The van der Waals surface area contributed by atoms with Gasteiger partial charge in [-0.15, -0.1) is 5.10 Å². The average molecular weight is 322 g/mol. The molecule has 7 heteroatoms. The van der Waals surface area contributed by atoms with Crippen LogP contribution in [0, 0.1) is 0 Å². The number of benzene rings is 1. The van der Waals surface area contributed by atoms with Crippen molar-refractivity contribution in [2.45, 2.75) is 32.4 Å². The number of hydrogen-bond donors (Lipinski definition) is 0. The summed E-state index contributed by atoms with van der Waals surface area (Å²) in [6.45, 7) is 1.83. The van der Waals surface area contributed by atoms with Crippen LogP contribution in [0.1, 0.15) is 25.8 Å². The molecule has 0 aliphatic heterocycles. The van der Waals surface area contributed by atoms with Gasteiger partial charge in [-0.25, -0.2) is 9.48 Å². The molecule has 1 aromatic heterocycles. The molecule has 6 nitrogen and oxygen atoms in total. The van der Waals surface area contributed by atoms with Gasteiger partial charge in [0.25, 0.3) is 0 Å². The third-order valence-electron chi connectivity index (χ3n) is 3.47. The van der Waals surface area contributed by atoms with E-state index in [0.29, 0.717) is 10.8 Å². The molecule has 0 bridgehead atoms. The Balaban J connectivity index is 2.00. The average Bonchev–Trinajstić information content (AvgIpc) is 3.27. The van der Waals surface area contributed by atoms with E-state index in [9.17, 15) is 9.59 Å². The minimum atomic E-state index is -0.465. The number of aromatic nitrogens is 3. The molecular formula is C15H16ClN3O3. The summed E-state index contributed by atoms with van der Waals surface area (Å²) in [5, 5.41) is 4.94. The van der Waals surface area contributed by atoms with Crippen LogP contribution in [0.4, 0.5) is 0 Å². The van der Waals surface area contributed by atoms with Crippen LogP contribution in [0.2, 0.25) is 5.02 Å². The number of hydrogen-bond acceptors (Lipinski definition) is 4. The number of rotatable bonds is 5. The van der Waals surface area contributed by atoms with Crippen LogP contribution in [0.25, 0.3) is 11.4 Å². The maximum Gasteiger partial charge on any atom is 0.347 e. The predicted octanol–water partition coefficient (Wildman–Crippen LogP) is 2.26. The van der Waals surface area contributed by atoms with E-state index in [1.807, 2.05) is 12.1 Å². The molecular weight excluding hydrogens is 306 g/mol. The summed E-state index contributed by atoms with van der Waals surface area (Å²) < 4.78 is 7.70. The fourth-order valence-corrected chi connectivity index (χ4v) is 2.44. The van der Waals surface area contributed by atoms with E-state index in [1.165, 1.54) is 4.68 Å². The van der Waals surface area contributed by atoms with Crippen molar-refractivity contribution in [2.75, 3.05) is 6.61 Å². The first-order valence-electron chi connectivity index (χ1n) is 7.21. The number of nitrogens with zero attached hydrogens (tertiary/aromatic N) is 3. The first-order chi connectivity index (χ1) is 10.6. The minimum Gasteiger partial charge on any atom is -0.465 e. The Hall–Kier alpha value is -2.08. The second-order valence-electron chi connectivity index (χ2n) is 5.18. The fraction of sp³-hybridized carbons (Fsp3) is 0.400. The van der Waals surface area contributed by atoms with Crippen LogP contribution in [0.3, 0.4) is 0 Å². The normalized spacial score (nSPS) is 14.1. The smallest absolute Gasteiger partial charge is 0.347 e. The van der Waals surface area contributed by atoms with Crippen molar-refractivity contribution in [3.05, 3.63) is 39.8 Å². The molecule has 1 aliphatic carbocycles. The zero-order valence-electron chi connectivity index (χ0n) is 12.2. The van der Waals surface area contributed by atoms with Crippen molar-refractivity contribution < 1.29 is 9.53 Å². The van der Waals surface area contributed by atoms with E-state index in [2.05, 4.69) is 5.10 Å². The van der Waals surface area contributed by atoms with E-state index in [-0.39, 0.29) is 24.9 Å². The molecule has 1 saturated carbocycles. The zero-order valence-corrected chi connectivity index (χ0v) is 12.9. The Morgan fingerprint density at radius 3 is 2.64 bits per heavy atom. The van der Waals surface area contributed by atoms with Gasteiger partial charge >= 0.3 is 11.7 Å². The maximum absolute atomic E-state index is 12.5. The van der Waals surface area contributed by atoms with Crippen molar-refractivity contribution in [2.24, 2.45) is 0 Å². The first kappa shape index (κ1) is 14.8. The Morgan fingerprint density at radius 2 is 2.05 bits per heavy atom. The monoisotopic (exact) mass is 321 g/mol. The van der Waals surface area contributed by atoms with Crippen molar-refractivity contribution in [1.82, 2.24) is 14.3 Å². The number of ether oxygens (including phenoxy) is 1. The van der Waals surface area contributed by atoms with Gasteiger partial charge in [0.05, 0.1) is 6.61 Å². The number of carbonyl (C=O) groups excluding carboxylic acids is 1. The summed E-state index contributed by atoms with van der Waals surface area (Å²) in [6, 6.07) is 7.30. The lowest BCUT2D eigenvalue weighted by atomic mass is 10.2. The molecule has 0 atom stereocenters. The summed E-state index contributed by atoms with van der Waals surface area (Å²) in [4.78, 5) is 24.1. The number of halogens is 1. The first-order valence-corrected chi connectivity index (χ1v) is 7.59. The molecule has 1 fully saturated rings. The number of carbonyl (C=O) groups is 1. The largest absolute Gasteiger partial charge is 0.465 e. The zero-order chi connectivity index (χ0) is 15.7. The van der Waals surface area contributed by atoms with Crippen LogP contribution in [-0.2, 0) is 16.1 Å². The highest BCUT2D eigenvalue weighted by Gasteiger charge is 2.30. The van der Waals surface area contributed by atoms with E-state index < -0.39 is 5.97 Å². The molecule has 0 radical (unpaired) electrons. The lowest BCUT2D eigenvalue weighted by Gasteiger charge is -2.03. The molecule has 0 amide bonds. The highest BCUT2D eigenvalue weighted by molar-refractivity contribution is 6.30. The minimum absolute atomic E-state index is 0.161. The molecule has 3 rings (SSSR count). The summed E-state index contributed by atoms with van der Waals surface area (Å²) in [5.41, 5.74) is 0.525. The summed E-state index contributed by atoms with van der Waals surface area (Å²) in [6.07, 6.45) is 1.90. The summed E-state index contributed by atoms with van der Waals surface area (Å²) >= 11 is 5.90. The Bertz CT molecular complexity index is 744. The van der Waals surface area contributed by atoms with Crippen LogP contribution < -0.4 is 5.69 Å². The molecule has 0 spiro atoms. The van der Waals surface area contributed by atoms with E-state index in [1.54, 1.807) is 23.6 Å². The van der Waals surface area contributed by atoms with Gasteiger partial charge in [-0.2, -0.15) is 0 Å². The second kappa shape index (κ2) is 5.96. The maximum atomic E-state index is 12.5. The SMILES string of the molecule is CCOC(=O)Cn1nc(-c2ccc(Cl)cc2)n(C2CC2)c1=O. The molecule has 0 N–H and O–H groups in total. The van der Waals surface area contributed by atoms with Crippen LogP contribution in [0.5, 0.6) is 0 Å². The van der Waals surface area contributed by atoms with Gasteiger partial charge in [0.2, 0.25) is 0 Å². The topological polar surface area (TPSA) is 66.1 Å². The highest BCUT2D eigenvalue weighted by Crippen LogP contribution is 2.36. The van der Waals surface area contributed by atoms with Crippen molar-refractivity contribution >= 4 is 17.6 Å². The predicted molar refractivity (Wildman–Crippen MR) is 81.8 cm³/mol. The highest BCUT2D eigenvalue weighted by atomic mass is 35.5. The van der Waals surface area contributed by atoms with Gasteiger partial charge < -0.3 is 4.74 Å². The van der Waals surface area contributed by atoms with Gasteiger partial charge in [-0.3, -0.25) is 9.36 Å². The molecule has 1 heterocycles. The molecule has 116 valence electrons. The van der Waals surface area contributed by atoms with Gasteiger partial charge in [0.15, 0.2) is 5.82 Å². The Kier molecular flexibility index (Phi) is 4.02. The standard InChI is InChI=1S/C15H16ClN3O3/c1-2-22-13(20)9-18-15(21)19(12-7-8-12)14(17-18)10-3-5-11(16)6-4-10/h3-6,12H,2,7-9H2,1H3. The van der Waals surface area contributed by atoms with Crippen molar-refractivity contribution in [3.63, 3.8) is 0 Å². The quantitative estimate of drug-likeness (QED) is 0.792. The fourth-order valence-electron chi connectivity index (χ4n) is 2.31. The van der Waals surface area contributed by atoms with Gasteiger partial charge in [0, 0.05) is 16.6 Å². The van der Waals surface area contributed by atoms with E-state index in [4.69, 9.17) is 16.3 Å². The van der Waals surface area contributed by atoms with Gasteiger partial charge in [-0.05, 0) is 44.0 Å². The lowest BCUT2D eigenvalue weighted by Crippen LogP contribution is -2.28. The van der Waals surface area contributed by atoms with Gasteiger partial charge in [0.1, 0.15) is 6.54 Å².